The van der Waals surface area contributed by atoms with Crippen molar-refractivity contribution in [2.45, 2.75) is 6.92 Å². The molecule has 0 aliphatic heterocycles. The van der Waals surface area contributed by atoms with Gasteiger partial charge in [-0.25, -0.2) is 0 Å². The summed E-state index contributed by atoms with van der Waals surface area (Å²) in [5, 5.41) is 7.57. The number of rotatable bonds is 0. The Bertz CT molecular complexity index is 33.0. The molecule has 0 saturated carbocycles. The van der Waals surface area contributed by atoms with E-state index in [0.29, 0.717) is 0 Å². The van der Waals surface area contributed by atoms with Crippen molar-refractivity contribution < 1.29 is 71.1 Å². The van der Waals surface area contributed by atoms with E-state index < -0.39 is 19.5 Å². The van der Waals surface area contributed by atoms with E-state index in [9.17, 15) is 9.28 Å². The second-order valence-corrected chi connectivity index (χ2v) is 1.20. The van der Waals surface area contributed by atoms with Gasteiger partial charge in [0.05, 0.1) is 0 Å². The van der Waals surface area contributed by atoms with Crippen molar-refractivity contribution in [1.82, 2.24) is 0 Å². The van der Waals surface area contributed by atoms with Crippen LogP contribution in [0.3, 0.4) is 0 Å². The predicted molar refractivity (Wildman–Crippen MR) is 16.1 cm³/mol. The van der Waals surface area contributed by atoms with Crippen molar-refractivity contribution in [3.63, 3.8) is 0 Å². The van der Waals surface area contributed by atoms with E-state index in [0.717, 1.165) is 0 Å². The van der Waals surface area contributed by atoms with Gasteiger partial charge in [-0.1, -0.05) is 0 Å². The molecule has 0 amide bonds. The Morgan fingerprint density at radius 1 is 1.10 bits per heavy atom. The minimum atomic E-state index is -4.83. The van der Waals surface area contributed by atoms with Crippen molar-refractivity contribution in [2.24, 2.45) is 0 Å². The first-order valence-electron chi connectivity index (χ1n) is 1.59. The Hall–Kier alpha value is 1.33. The SMILES string of the molecule is CCO.[Cl-].[Cl-].[Cl-].[F][Ti]([F])[F]. The van der Waals surface area contributed by atoms with E-state index in [-0.39, 0.29) is 43.8 Å². The zero-order valence-corrected chi connectivity index (χ0v) is 8.75. The molecule has 0 spiro atoms. The van der Waals surface area contributed by atoms with E-state index in [2.05, 4.69) is 0 Å². The van der Waals surface area contributed by atoms with Crippen LogP contribution in [0.15, 0.2) is 0 Å². The van der Waals surface area contributed by atoms with Gasteiger partial charge in [0.25, 0.3) is 0 Å². The third-order valence-electron chi connectivity index (χ3n) is 0. The molecule has 0 bridgehead atoms. The van der Waals surface area contributed by atoms with Gasteiger partial charge in [0.2, 0.25) is 0 Å². The molecular formula is C2H6Cl3F3OTi-3. The molecular weight excluding hydrogens is 251 g/mol. The zero-order chi connectivity index (χ0) is 6.28. The number of halogens is 6. The van der Waals surface area contributed by atoms with Crippen LogP contribution in [0, 0.1) is 0 Å². The predicted octanol–water partition coefficient (Wildman–Crippen LogP) is -7.73. The van der Waals surface area contributed by atoms with Crippen LogP contribution in [0.1, 0.15) is 6.92 Å². The molecule has 0 aliphatic carbocycles. The van der Waals surface area contributed by atoms with Gasteiger partial charge in [-0.15, -0.1) is 0 Å². The van der Waals surface area contributed by atoms with Crippen molar-refractivity contribution in [2.75, 3.05) is 6.61 Å². The van der Waals surface area contributed by atoms with E-state index in [4.69, 9.17) is 5.11 Å². The van der Waals surface area contributed by atoms with Crippen LogP contribution in [0.5, 0.6) is 0 Å². The minimum absolute atomic E-state index is 0. The summed E-state index contributed by atoms with van der Waals surface area (Å²) < 4.78 is 29.5. The Morgan fingerprint density at radius 2 is 1.10 bits per heavy atom. The van der Waals surface area contributed by atoms with Crippen molar-refractivity contribution >= 4 is 0 Å². The first-order valence-corrected chi connectivity index (χ1v) is 3.36. The van der Waals surface area contributed by atoms with Gasteiger partial charge < -0.3 is 42.3 Å². The summed E-state index contributed by atoms with van der Waals surface area (Å²) in [7, 11) is 0. The fourth-order valence-electron chi connectivity index (χ4n) is 0. The van der Waals surface area contributed by atoms with Gasteiger partial charge in [0, 0.05) is 6.61 Å². The Morgan fingerprint density at radius 3 is 1.10 bits per heavy atom. The molecule has 8 heteroatoms. The third-order valence-corrected chi connectivity index (χ3v) is 0. The van der Waals surface area contributed by atoms with Crippen LogP contribution in [-0.2, 0) is 19.5 Å². The van der Waals surface area contributed by atoms with Crippen LogP contribution in [0.25, 0.3) is 0 Å². The van der Waals surface area contributed by atoms with E-state index in [1.165, 1.54) is 0 Å². The van der Waals surface area contributed by atoms with Gasteiger partial charge >= 0.3 is 28.8 Å². The summed E-state index contributed by atoms with van der Waals surface area (Å²) in [6, 6.07) is 0. The summed E-state index contributed by atoms with van der Waals surface area (Å²) in [5.41, 5.74) is 0. The summed E-state index contributed by atoms with van der Waals surface area (Å²) in [5.74, 6) is 0. The molecule has 0 aromatic heterocycles. The number of aliphatic hydroxyl groups is 1. The summed E-state index contributed by atoms with van der Waals surface area (Å²) in [6.07, 6.45) is 0. The molecule has 0 radical (unpaired) electrons. The molecule has 0 saturated heterocycles. The maximum absolute atomic E-state index is 9.83. The first-order chi connectivity index (χ1) is 3.15. The third kappa shape index (κ3) is 364. The van der Waals surface area contributed by atoms with Crippen LogP contribution in [0.4, 0.5) is 9.28 Å². The van der Waals surface area contributed by atoms with Crippen LogP contribution >= 0.6 is 0 Å². The second kappa shape index (κ2) is 31.6. The monoisotopic (exact) mass is 256 g/mol. The van der Waals surface area contributed by atoms with E-state index in [1.54, 1.807) is 6.92 Å². The fraction of sp³-hybridized carbons (Fsp3) is 1.00. The summed E-state index contributed by atoms with van der Waals surface area (Å²) in [6.45, 7) is 1.93. The molecule has 69 valence electrons. The topological polar surface area (TPSA) is 20.2 Å². The zero-order valence-electron chi connectivity index (χ0n) is 4.92. The van der Waals surface area contributed by atoms with Crippen LogP contribution < -0.4 is 37.2 Å². The Kier molecular flexibility index (Phi) is 95.5. The standard InChI is InChI=1S/C2H6O.3ClH.3FH.Ti/c1-2-3;;;;;;;/h3H,2H2,1H3;6*1H;/q;;;;;;;+3/p-6. The molecule has 0 aliphatic rings. The molecule has 0 atom stereocenters. The van der Waals surface area contributed by atoms with Gasteiger partial charge in [0.15, 0.2) is 0 Å². The molecule has 1 nitrogen and oxygen atoms in total. The average molecular weight is 257 g/mol. The van der Waals surface area contributed by atoms with Crippen molar-refractivity contribution in [3.8, 4) is 0 Å². The molecule has 0 aromatic rings. The van der Waals surface area contributed by atoms with E-state index >= 15 is 0 Å². The van der Waals surface area contributed by atoms with E-state index in [1.807, 2.05) is 0 Å². The Labute approximate surface area is 84.5 Å². The first kappa shape index (κ1) is 30.2. The van der Waals surface area contributed by atoms with Crippen LogP contribution in [0.2, 0.25) is 0 Å². The van der Waals surface area contributed by atoms with Crippen molar-refractivity contribution in [3.05, 3.63) is 0 Å². The molecule has 0 aromatic carbocycles. The van der Waals surface area contributed by atoms with Gasteiger partial charge in [-0.3, -0.25) is 0 Å². The Balaban J connectivity index is -0.0000000131. The molecule has 0 unspecified atom stereocenters. The fourth-order valence-corrected chi connectivity index (χ4v) is 0. The number of aliphatic hydroxyl groups excluding tert-OH is 1. The van der Waals surface area contributed by atoms with Gasteiger partial charge in [0.1, 0.15) is 0 Å². The maximum atomic E-state index is 9.83. The normalized spacial score (nSPS) is 4.50. The van der Waals surface area contributed by atoms with Gasteiger partial charge in [-0.05, 0) is 6.92 Å². The molecule has 1 N–H and O–H groups in total. The second-order valence-electron chi connectivity index (χ2n) is 0.531. The van der Waals surface area contributed by atoms with Gasteiger partial charge in [-0.2, -0.15) is 0 Å². The average Bonchev–Trinajstić information content (AvgIpc) is 1.33. The number of hydrogen-bond donors (Lipinski definition) is 1. The summed E-state index contributed by atoms with van der Waals surface area (Å²) in [4.78, 5) is 0. The summed E-state index contributed by atoms with van der Waals surface area (Å²) >= 11 is -4.83. The van der Waals surface area contributed by atoms with Crippen LogP contribution in [-0.4, -0.2) is 11.7 Å². The van der Waals surface area contributed by atoms with Crippen molar-refractivity contribution in [1.29, 1.82) is 0 Å². The molecule has 0 rings (SSSR count). The molecule has 0 heterocycles. The molecule has 10 heavy (non-hydrogen) atoms. The number of hydrogen-bond acceptors (Lipinski definition) is 1. The molecule has 0 fully saturated rings. The quantitative estimate of drug-likeness (QED) is 0.428.